The number of aliphatic hydroxyl groups is 3. The van der Waals surface area contributed by atoms with Gasteiger partial charge in [0.2, 0.25) is 0 Å². The van der Waals surface area contributed by atoms with Gasteiger partial charge in [-0.15, -0.1) is 0 Å². The number of fused-ring (bicyclic) bond motifs is 5. The van der Waals surface area contributed by atoms with Gasteiger partial charge in [0, 0.05) is 6.42 Å². The summed E-state index contributed by atoms with van der Waals surface area (Å²) in [4.78, 5) is 24.8. The molecule has 4 aliphatic carbocycles. The van der Waals surface area contributed by atoms with E-state index < -0.39 is 12.0 Å². The molecule has 0 saturated heterocycles. The van der Waals surface area contributed by atoms with Gasteiger partial charge >= 0.3 is 0 Å². The highest BCUT2D eigenvalue weighted by Gasteiger charge is 2.65. The summed E-state index contributed by atoms with van der Waals surface area (Å²) >= 11 is 1.23. The van der Waals surface area contributed by atoms with Crippen LogP contribution in [0.5, 0.6) is 0 Å². The predicted molar refractivity (Wildman–Crippen MR) is 140 cm³/mol. The topological polar surface area (TPSA) is 94.8 Å². The number of hydrogen-bond donors (Lipinski definition) is 3. The minimum Gasteiger partial charge on any atom is -0.393 e. The number of hydrogen-bond acceptors (Lipinski definition) is 6. The Hall–Kier alpha value is -0.430. The highest BCUT2D eigenvalue weighted by atomic mass is 32.2. The standard InChI is InChI=1S/C29H48O5S/c1-6-35-27(34)17(3)23(31)10-7-16(2)20-8-9-21-26-22(15-25(33)29(20,21)5)28(4)12-11-19(30)13-18(28)14-24(26)32/h16-22,24-26,30,32-33H,6-15H2,1-5H3/t16-,17?,18+,19-,20-,21+,22+,24-,25+,26+,28+,29-/m1/s1. The molecule has 0 heterocycles. The number of carbonyl (C=O) groups is 2. The Morgan fingerprint density at radius 1 is 1.00 bits per heavy atom. The van der Waals surface area contributed by atoms with Crippen molar-refractivity contribution in [3.8, 4) is 0 Å². The van der Waals surface area contributed by atoms with Crippen molar-refractivity contribution in [3.05, 3.63) is 0 Å². The molecule has 4 fully saturated rings. The lowest BCUT2D eigenvalue weighted by Crippen LogP contribution is -2.62. The molecule has 3 N–H and O–H groups in total. The maximum Gasteiger partial charge on any atom is 0.199 e. The lowest BCUT2D eigenvalue weighted by Gasteiger charge is -2.63. The molecule has 4 saturated carbocycles. The molecule has 0 aliphatic heterocycles. The van der Waals surface area contributed by atoms with E-state index in [-0.39, 0.29) is 45.8 Å². The molecule has 0 bridgehead atoms. The van der Waals surface area contributed by atoms with Gasteiger partial charge in [0.25, 0.3) is 0 Å². The molecule has 35 heavy (non-hydrogen) atoms. The van der Waals surface area contributed by atoms with E-state index >= 15 is 0 Å². The fourth-order valence-corrected chi connectivity index (χ4v) is 9.98. The zero-order valence-corrected chi connectivity index (χ0v) is 23.2. The largest absolute Gasteiger partial charge is 0.393 e. The molecule has 4 aliphatic rings. The first-order valence-corrected chi connectivity index (χ1v) is 15.2. The molecule has 6 heteroatoms. The first kappa shape index (κ1) is 27.6. The summed E-state index contributed by atoms with van der Waals surface area (Å²) in [5.74, 6) is 1.93. The van der Waals surface area contributed by atoms with Gasteiger partial charge in [-0.1, -0.05) is 39.5 Å². The summed E-state index contributed by atoms with van der Waals surface area (Å²) in [6.07, 6.45) is 6.30. The summed E-state index contributed by atoms with van der Waals surface area (Å²) < 4.78 is 0. The smallest absolute Gasteiger partial charge is 0.199 e. The third kappa shape index (κ3) is 4.68. The molecule has 0 aromatic heterocycles. The monoisotopic (exact) mass is 508 g/mol. The van der Waals surface area contributed by atoms with Gasteiger partial charge < -0.3 is 15.3 Å². The second-order valence-corrected chi connectivity index (χ2v) is 14.3. The van der Waals surface area contributed by atoms with E-state index in [9.17, 15) is 24.9 Å². The first-order chi connectivity index (χ1) is 16.4. The van der Waals surface area contributed by atoms with E-state index in [0.29, 0.717) is 35.8 Å². The normalized spacial score (nSPS) is 46.7. The number of carbonyl (C=O) groups excluding carboxylic acids is 2. The van der Waals surface area contributed by atoms with Crippen LogP contribution in [0.4, 0.5) is 0 Å². The van der Waals surface area contributed by atoms with Crippen LogP contribution < -0.4 is 0 Å². The average Bonchev–Trinajstić information content (AvgIpc) is 3.17. The predicted octanol–water partition coefficient (Wildman–Crippen LogP) is 4.85. The van der Waals surface area contributed by atoms with Gasteiger partial charge in [-0.3, -0.25) is 9.59 Å². The third-order valence-electron chi connectivity index (χ3n) is 11.5. The summed E-state index contributed by atoms with van der Waals surface area (Å²) in [7, 11) is 0. The maximum atomic E-state index is 12.7. The molecule has 0 amide bonds. The molecule has 0 aromatic rings. The number of Topliss-reactive ketones (excluding diaryl/α,β-unsaturated/α-hetero) is 1. The Kier molecular flexibility index (Phi) is 8.19. The second kappa shape index (κ2) is 10.4. The van der Waals surface area contributed by atoms with Crippen LogP contribution in [0.25, 0.3) is 0 Å². The lowest BCUT2D eigenvalue weighted by molar-refractivity contribution is -0.207. The van der Waals surface area contributed by atoms with Crippen LogP contribution in [0.1, 0.15) is 92.4 Å². The molecule has 0 spiro atoms. The SMILES string of the molecule is CCSC(=O)C(C)C(=O)CC[C@@H](C)[C@H]1CC[C@H]2[C@@H]3[C@H](O)C[C@@H]4C[C@H](O)CC[C@]4(C)[C@H]3C[C@H](O)[C@]12C. The molecule has 4 rings (SSSR count). The fourth-order valence-electron chi connectivity index (χ4n) is 9.32. The van der Waals surface area contributed by atoms with Gasteiger partial charge in [0.05, 0.1) is 24.2 Å². The minimum atomic E-state index is -0.542. The number of thioether (sulfide) groups is 1. The van der Waals surface area contributed by atoms with Crippen molar-refractivity contribution in [2.24, 2.45) is 52.3 Å². The lowest BCUT2D eigenvalue weighted by atomic mass is 9.43. The Morgan fingerprint density at radius 2 is 1.71 bits per heavy atom. The van der Waals surface area contributed by atoms with Gasteiger partial charge in [-0.05, 0) is 110 Å². The van der Waals surface area contributed by atoms with E-state index in [1.165, 1.54) is 11.8 Å². The van der Waals surface area contributed by atoms with E-state index in [2.05, 4.69) is 20.8 Å². The summed E-state index contributed by atoms with van der Waals surface area (Å²) in [6.45, 7) is 10.5. The first-order valence-electron chi connectivity index (χ1n) is 14.2. The van der Waals surface area contributed by atoms with Gasteiger partial charge in [-0.25, -0.2) is 0 Å². The van der Waals surface area contributed by atoms with Crippen molar-refractivity contribution in [2.75, 3.05) is 5.75 Å². The van der Waals surface area contributed by atoms with Gasteiger partial charge in [0.1, 0.15) is 5.78 Å². The van der Waals surface area contributed by atoms with Crippen LogP contribution in [-0.4, -0.2) is 50.3 Å². The summed E-state index contributed by atoms with van der Waals surface area (Å²) in [6, 6.07) is 0. The quantitative estimate of drug-likeness (QED) is 0.426. The van der Waals surface area contributed by atoms with Crippen LogP contribution in [0.3, 0.4) is 0 Å². The van der Waals surface area contributed by atoms with Crippen LogP contribution in [-0.2, 0) is 9.59 Å². The zero-order chi connectivity index (χ0) is 25.7. The summed E-state index contributed by atoms with van der Waals surface area (Å²) in [5, 5.41) is 33.4. The van der Waals surface area contributed by atoms with Crippen molar-refractivity contribution in [1.29, 1.82) is 0 Å². The van der Waals surface area contributed by atoms with E-state index in [1.807, 2.05) is 6.92 Å². The molecular weight excluding hydrogens is 460 g/mol. The number of aliphatic hydroxyl groups excluding tert-OH is 3. The zero-order valence-electron chi connectivity index (χ0n) is 22.4. The Morgan fingerprint density at radius 3 is 2.40 bits per heavy atom. The highest BCUT2D eigenvalue weighted by molar-refractivity contribution is 8.13. The van der Waals surface area contributed by atoms with E-state index in [0.717, 1.165) is 51.4 Å². The average molecular weight is 509 g/mol. The maximum absolute atomic E-state index is 12.7. The van der Waals surface area contributed by atoms with Crippen LogP contribution in [0.2, 0.25) is 0 Å². The second-order valence-electron chi connectivity index (χ2n) is 13.0. The molecule has 12 atom stereocenters. The molecule has 200 valence electrons. The van der Waals surface area contributed by atoms with Crippen molar-refractivity contribution >= 4 is 22.7 Å². The number of ketones is 1. The van der Waals surface area contributed by atoms with Crippen molar-refractivity contribution in [3.63, 3.8) is 0 Å². The molecular formula is C29H48O5S. The van der Waals surface area contributed by atoms with Crippen LogP contribution >= 0.6 is 11.8 Å². The highest BCUT2D eigenvalue weighted by Crippen LogP contribution is 2.68. The molecule has 5 nitrogen and oxygen atoms in total. The third-order valence-corrected chi connectivity index (χ3v) is 12.4. The van der Waals surface area contributed by atoms with Gasteiger partial charge in [-0.2, -0.15) is 0 Å². The fraction of sp³-hybridized carbons (Fsp3) is 0.931. The molecule has 1 unspecified atom stereocenters. The van der Waals surface area contributed by atoms with Gasteiger partial charge in [0.15, 0.2) is 5.12 Å². The Balaban J connectivity index is 1.48. The van der Waals surface area contributed by atoms with Crippen LogP contribution in [0, 0.1) is 52.3 Å². The molecule has 0 aromatic carbocycles. The number of rotatable bonds is 7. The van der Waals surface area contributed by atoms with Crippen LogP contribution in [0.15, 0.2) is 0 Å². The van der Waals surface area contributed by atoms with Crippen molar-refractivity contribution in [2.45, 2.75) is 111 Å². The van der Waals surface area contributed by atoms with E-state index in [4.69, 9.17) is 0 Å². The molecule has 0 radical (unpaired) electrons. The minimum absolute atomic E-state index is 0.0277. The Labute approximate surface area is 216 Å². The van der Waals surface area contributed by atoms with Crippen molar-refractivity contribution in [1.82, 2.24) is 0 Å². The Bertz CT molecular complexity index is 802. The van der Waals surface area contributed by atoms with Crippen molar-refractivity contribution < 1.29 is 24.9 Å². The summed E-state index contributed by atoms with van der Waals surface area (Å²) in [5.41, 5.74) is -0.164. The van der Waals surface area contributed by atoms with E-state index in [1.54, 1.807) is 6.92 Å².